The molecule has 0 saturated heterocycles. The van der Waals surface area contributed by atoms with Crippen molar-refractivity contribution in [3.05, 3.63) is 17.5 Å². The van der Waals surface area contributed by atoms with Crippen LogP contribution in [0.1, 0.15) is 41.9 Å². The molecule has 1 fully saturated rings. The number of methoxy groups -OCH3 is 1. The van der Waals surface area contributed by atoms with Crippen LogP contribution in [0.25, 0.3) is 0 Å². The minimum absolute atomic E-state index is 0.228. The maximum Gasteiger partial charge on any atom is 0.273 e. The Morgan fingerprint density at radius 3 is 2.94 bits per heavy atom. The van der Waals surface area contributed by atoms with E-state index in [-0.39, 0.29) is 17.1 Å². The van der Waals surface area contributed by atoms with Crippen LogP contribution in [0.4, 0.5) is 0 Å². The zero-order chi connectivity index (χ0) is 13.0. The second kappa shape index (κ2) is 5.49. The minimum atomic E-state index is -0.266. The van der Waals surface area contributed by atoms with Crippen molar-refractivity contribution in [1.82, 2.24) is 10.5 Å². The number of amides is 1. The predicted molar refractivity (Wildman–Crippen MR) is 64.9 cm³/mol. The van der Waals surface area contributed by atoms with Gasteiger partial charge in [0.05, 0.1) is 5.54 Å². The molecule has 1 aromatic heterocycles. The van der Waals surface area contributed by atoms with Gasteiger partial charge in [0.25, 0.3) is 5.91 Å². The summed E-state index contributed by atoms with van der Waals surface area (Å²) in [6.45, 7) is 0.768. The number of hydrogen-bond donors (Lipinski definition) is 2. The first-order chi connectivity index (χ1) is 8.69. The fourth-order valence-corrected chi connectivity index (χ4v) is 2.37. The number of rotatable bonds is 5. The lowest BCUT2D eigenvalue weighted by Crippen LogP contribution is -2.51. The summed E-state index contributed by atoms with van der Waals surface area (Å²) < 4.78 is 9.90. The average Bonchev–Trinajstić information content (AvgIpc) is 2.99. The number of ether oxygens (including phenoxy) is 1. The molecule has 0 aromatic carbocycles. The molecule has 18 heavy (non-hydrogen) atoms. The smallest absolute Gasteiger partial charge is 0.273 e. The van der Waals surface area contributed by atoms with Crippen LogP contribution in [0.5, 0.6) is 0 Å². The quantitative estimate of drug-likeness (QED) is 0.810. The Hall–Kier alpha value is -1.40. The molecule has 0 unspecified atom stereocenters. The fraction of sp³-hybridized carbons (Fsp3) is 0.667. The van der Waals surface area contributed by atoms with Crippen LogP contribution < -0.4 is 11.1 Å². The Kier molecular flexibility index (Phi) is 3.98. The van der Waals surface area contributed by atoms with E-state index in [9.17, 15) is 4.79 Å². The Labute approximate surface area is 106 Å². The molecule has 1 aliphatic rings. The highest BCUT2D eigenvalue weighted by Gasteiger charge is 2.34. The Bertz CT molecular complexity index is 410. The molecule has 3 N–H and O–H groups in total. The molecule has 1 aliphatic carbocycles. The van der Waals surface area contributed by atoms with E-state index in [0.29, 0.717) is 18.9 Å². The van der Waals surface area contributed by atoms with Gasteiger partial charge in [0, 0.05) is 19.7 Å². The highest BCUT2D eigenvalue weighted by molar-refractivity contribution is 5.92. The third-order valence-corrected chi connectivity index (χ3v) is 3.41. The summed E-state index contributed by atoms with van der Waals surface area (Å²) in [6, 6.07) is 1.60. The van der Waals surface area contributed by atoms with Crippen molar-refractivity contribution < 1.29 is 14.1 Å². The highest BCUT2D eigenvalue weighted by atomic mass is 16.5. The zero-order valence-corrected chi connectivity index (χ0v) is 10.6. The van der Waals surface area contributed by atoms with Crippen LogP contribution in [0, 0.1) is 0 Å². The monoisotopic (exact) mass is 253 g/mol. The number of carbonyl (C=O) groups is 1. The average molecular weight is 253 g/mol. The fourth-order valence-electron chi connectivity index (χ4n) is 2.37. The van der Waals surface area contributed by atoms with Crippen molar-refractivity contribution in [2.45, 2.75) is 37.8 Å². The molecule has 0 bridgehead atoms. The summed E-state index contributed by atoms with van der Waals surface area (Å²) >= 11 is 0. The number of aromatic nitrogens is 1. The van der Waals surface area contributed by atoms with Gasteiger partial charge in [0.2, 0.25) is 0 Å². The van der Waals surface area contributed by atoms with Crippen LogP contribution >= 0.6 is 0 Å². The predicted octanol–water partition coefficient (Wildman–Crippen LogP) is 0.822. The van der Waals surface area contributed by atoms with Crippen molar-refractivity contribution in [3.63, 3.8) is 0 Å². The van der Waals surface area contributed by atoms with Crippen LogP contribution in [0.3, 0.4) is 0 Å². The third-order valence-electron chi connectivity index (χ3n) is 3.41. The van der Waals surface area contributed by atoms with Gasteiger partial charge in [-0.3, -0.25) is 4.79 Å². The summed E-state index contributed by atoms with van der Waals surface area (Å²) in [5, 5.41) is 6.72. The molecule has 100 valence electrons. The molecular weight excluding hydrogens is 234 g/mol. The number of hydrogen-bond acceptors (Lipinski definition) is 5. The molecule has 6 heteroatoms. The lowest BCUT2D eigenvalue weighted by atomic mass is 9.97. The standard InChI is InChI=1S/C12H19N3O3/c1-17-7-9-6-10(15-18-9)11(16)14-12(8-13)4-2-3-5-12/h6H,2-5,7-8,13H2,1H3,(H,14,16). The van der Waals surface area contributed by atoms with Gasteiger partial charge in [-0.25, -0.2) is 0 Å². The molecular formula is C12H19N3O3. The summed E-state index contributed by atoms with van der Waals surface area (Å²) in [7, 11) is 1.56. The van der Waals surface area contributed by atoms with Gasteiger partial charge in [-0.2, -0.15) is 0 Å². The zero-order valence-electron chi connectivity index (χ0n) is 10.6. The van der Waals surface area contributed by atoms with Crippen molar-refractivity contribution in [3.8, 4) is 0 Å². The molecule has 2 rings (SSSR count). The SMILES string of the molecule is COCc1cc(C(=O)NC2(CN)CCCC2)no1. The molecule has 0 aliphatic heterocycles. The van der Waals surface area contributed by atoms with Gasteiger partial charge in [0.1, 0.15) is 6.61 Å². The van der Waals surface area contributed by atoms with E-state index in [1.165, 1.54) is 0 Å². The second-order valence-electron chi connectivity index (χ2n) is 4.76. The van der Waals surface area contributed by atoms with Crippen molar-refractivity contribution in [2.24, 2.45) is 5.73 Å². The van der Waals surface area contributed by atoms with Crippen molar-refractivity contribution >= 4 is 5.91 Å². The largest absolute Gasteiger partial charge is 0.377 e. The van der Waals surface area contributed by atoms with Crippen LogP contribution in [0.15, 0.2) is 10.6 Å². The molecule has 6 nitrogen and oxygen atoms in total. The third kappa shape index (κ3) is 2.70. The van der Waals surface area contributed by atoms with E-state index in [1.807, 2.05) is 0 Å². The molecule has 0 atom stereocenters. The van der Waals surface area contributed by atoms with Crippen molar-refractivity contribution in [1.29, 1.82) is 0 Å². The van der Waals surface area contributed by atoms with Gasteiger partial charge < -0.3 is 20.3 Å². The number of nitrogens with two attached hydrogens (primary N) is 1. The van der Waals surface area contributed by atoms with Crippen LogP contribution in [-0.4, -0.2) is 30.3 Å². The van der Waals surface area contributed by atoms with E-state index in [2.05, 4.69) is 10.5 Å². The van der Waals surface area contributed by atoms with E-state index in [0.717, 1.165) is 25.7 Å². The molecule has 0 spiro atoms. The molecule has 0 radical (unpaired) electrons. The van der Waals surface area contributed by atoms with E-state index >= 15 is 0 Å². The number of nitrogens with zero attached hydrogens (tertiary/aromatic N) is 1. The molecule has 1 saturated carbocycles. The maximum absolute atomic E-state index is 12.1. The molecule has 1 amide bonds. The van der Waals surface area contributed by atoms with Gasteiger partial charge in [-0.05, 0) is 12.8 Å². The number of nitrogens with one attached hydrogen (secondary N) is 1. The second-order valence-corrected chi connectivity index (χ2v) is 4.76. The van der Waals surface area contributed by atoms with Gasteiger partial charge in [-0.1, -0.05) is 18.0 Å². The Balaban J connectivity index is 2.02. The summed E-state index contributed by atoms with van der Waals surface area (Å²) in [5.74, 6) is 0.310. The lowest BCUT2D eigenvalue weighted by molar-refractivity contribution is 0.0893. The van der Waals surface area contributed by atoms with Crippen LogP contribution in [-0.2, 0) is 11.3 Å². The maximum atomic E-state index is 12.1. The summed E-state index contributed by atoms with van der Waals surface area (Å²) in [6.07, 6.45) is 4.06. The van der Waals surface area contributed by atoms with Gasteiger partial charge >= 0.3 is 0 Å². The first kappa shape index (κ1) is 13.0. The lowest BCUT2D eigenvalue weighted by Gasteiger charge is -2.28. The summed E-state index contributed by atoms with van der Waals surface area (Å²) in [4.78, 5) is 12.1. The van der Waals surface area contributed by atoms with E-state index in [4.69, 9.17) is 15.0 Å². The van der Waals surface area contributed by atoms with Gasteiger partial charge in [-0.15, -0.1) is 0 Å². The van der Waals surface area contributed by atoms with Gasteiger partial charge in [0.15, 0.2) is 11.5 Å². The first-order valence-electron chi connectivity index (χ1n) is 6.16. The first-order valence-corrected chi connectivity index (χ1v) is 6.16. The summed E-state index contributed by atoms with van der Waals surface area (Å²) in [5.41, 5.74) is 5.78. The van der Waals surface area contributed by atoms with E-state index < -0.39 is 0 Å². The Morgan fingerprint density at radius 1 is 1.61 bits per heavy atom. The number of carbonyl (C=O) groups excluding carboxylic acids is 1. The Morgan fingerprint density at radius 2 is 2.33 bits per heavy atom. The normalized spacial score (nSPS) is 17.9. The molecule has 1 heterocycles. The topological polar surface area (TPSA) is 90.4 Å². The van der Waals surface area contributed by atoms with Crippen LogP contribution in [0.2, 0.25) is 0 Å². The molecule has 1 aromatic rings. The van der Waals surface area contributed by atoms with Crippen molar-refractivity contribution in [2.75, 3.05) is 13.7 Å². The minimum Gasteiger partial charge on any atom is -0.377 e. The van der Waals surface area contributed by atoms with E-state index in [1.54, 1.807) is 13.2 Å². The highest BCUT2D eigenvalue weighted by Crippen LogP contribution is 2.28.